The maximum atomic E-state index is 12.4. The highest BCUT2D eigenvalue weighted by Crippen LogP contribution is 2.17. The molecule has 0 saturated carbocycles. The Morgan fingerprint density at radius 2 is 1.95 bits per heavy atom. The van der Waals surface area contributed by atoms with Crippen molar-refractivity contribution in [1.82, 2.24) is 9.55 Å². The molecule has 7 heteroatoms. The number of hydrogen-bond donors (Lipinski definition) is 0. The van der Waals surface area contributed by atoms with Crippen molar-refractivity contribution in [3.05, 3.63) is 48.5 Å². The van der Waals surface area contributed by atoms with Gasteiger partial charge in [-0.15, -0.1) is 0 Å². The lowest BCUT2D eigenvalue weighted by Crippen LogP contribution is -2.40. The number of rotatable bonds is 5. The van der Waals surface area contributed by atoms with Crippen LogP contribution >= 0.6 is 0 Å². The largest absolute Gasteiger partial charge is 0.337 e. The van der Waals surface area contributed by atoms with Gasteiger partial charge in [-0.3, -0.25) is 4.79 Å². The fourth-order valence-corrected chi connectivity index (χ4v) is 3.40. The van der Waals surface area contributed by atoms with Crippen molar-refractivity contribution in [2.75, 3.05) is 11.9 Å². The number of anilines is 1. The van der Waals surface area contributed by atoms with E-state index in [-0.39, 0.29) is 5.75 Å². The summed E-state index contributed by atoms with van der Waals surface area (Å²) in [6, 6.07) is 8.95. The number of imidazole rings is 1. The van der Waals surface area contributed by atoms with Crippen LogP contribution in [0, 0.1) is 0 Å². The van der Waals surface area contributed by atoms with E-state index in [1.165, 1.54) is 18.0 Å². The molecule has 0 radical (unpaired) electrons. The molecule has 1 aromatic heterocycles. The number of amides is 1. The first-order valence-corrected chi connectivity index (χ1v) is 8.55. The van der Waals surface area contributed by atoms with Crippen molar-refractivity contribution >= 4 is 21.4 Å². The van der Waals surface area contributed by atoms with E-state index in [0.717, 1.165) is 0 Å². The maximum Gasteiger partial charge on any atom is 0.244 e. The van der Waals surface area contributed by atoms with Crippen LogP contribution in [-0.4, -0.2) is 36.2 Å². The molecule has 22 heavy (non-hydrogen) atoms. The Kier molecular flexibility index (Phi) is 4.65. The van der Waals surface area contributed by atoms with E-state index < -0.39 is 21.0 Å². The first kappa shape index (κ1) is 16.2. The molecule has 0 bridgehead atoms. The first-order valence-electron chi connectivity index (χ1n) is 6.83. The average molecular weight is 321 g/mol. The topological polar surface area (TPSA) is 72.3 Å². The standard InChI is InChI=1S/C15H19N3O3S/c1-12(15(19)18(3)13-7-5-4-6-8-13)22(20,21)11-14-16-9-10-17(14)2/h4-10,12H,11H2,1-3H3/t12-/m1/s1. The highest BCUT2D eigenvalue weighted by molar-refractivity contribution is 7.92. The number of nitrogens with zero attached hydrogens (tertiary/aromatic N) is 3. The Bertz CT molecular complexity index is 753. The number of aryl methyl sites for hydroxylation is 1. The molecule has 0 aliphatic carbocycles. The molecule has 0 saturated heterocycles. The zero-order valence-electron chi connectivity index (χ0n) is 12.8. The number of benzene rings is 1. The highest BCUT2D eigenvalue weighted by Gasteiger charge is 2.31. The van der Waals surface area contributed by atoms with E-state index >= 15 is 0 Å². The van der Waals surface area contributed by atoms with Gasteiger partial charge in [0.2, 0.25) is 5.91 Å². The Morgan fingerprint density at radius 1 is 1.32 bits per heavy atom. The highest BCUT2D eigenvalue weighted by atomic mass is 32.2. The van der Waals surface area contributed by atoms with Crippen LogP contribution in [0.2, 0.25) is 0 Å². The molecule has 0 fully saturated rings. The summed E-state index contributed by atoms with van der Waals surface area (Å²) in [5, 5.41) is -1.13. The van der Waals surface area contributed by atoms with E-state index in [2.05, 4.69) is 4.98 Å². The van der Waals surface area contributed by atoms with Gasteiger partial charge in [-0.05, 0) is 19.1 Å². The van der Waals surface area contributed by atoms with Crippen LogP contribution in [0.3, 0.4) is 0 Å². The molecule has 0 N–H and O–H groups in total. The number of para-hydroxylation sites is 1. The lowest BCUT2D eigenvalue weighted by atomic mass is 10.3. The van der Waals surface area contributed by atoms with Gasteiger partial charge in [0.05, 0.1) is 0 Å². The molecule has 2 rings (SSSR count). The number of hydrogen-bond acceptors (Lipinski definition) is 4. The smallest absolute Gasteiger partial charge is 0.244 e. The molecule has 1 atom stereocenters. The van der Waals surface area contributed by atoms with Crippen LogP contribution in [0.25, 0.3) is 0 Å². The molecular formula is C15H19N3O3S. The SMILES string of the molecule is C[C@H](C(=O)N(C)c1ccccc1)S(=O)(=O)Cc1nccn1C. The van der Waals surface area contributed by atoms with Crippen LogP contribution in [-0.2, 0) is 27.4 Å². The van der Waals surface area contributed by atoms with Crippen LogP contribution in [0.15, 0.2) is 42.7 Å². The minimum absolute atomic E-state index is 0.258. The number of carbonyl (C=O) groups is 1. The second-order valence-electron chi connectivity index (χ2n) is 5.14. The Morgan fingerprint density at radius 3 is 2.50 bits per heavy atom. The van der Waals surface area contributed by atoms with E-state index in [1.54, 1.807) is 49.1 Å². The summed E-state index contributed by atoms with van der Waals surface area (Å²) >= 11 is 0. The number of carbonyl (C=O) groups excluding carboxylic acids is 1. The molecule has 0 spiro atoms. The molecule has 0 aliphatic heterocycles. The third-order valence-corrected chi connectivity index (χ3v) is 5.55. The molecule has 1 aromatic carbocycles. The third kappa shape index (κ3) is 3.36. The maximum absolute atomic E-state index is 12.4. The molecule has 118 valence electrons. The van der Waals surface area contributed by atoms with E-state index in [4.69, 9.17) is 0 Å². The lowest BCUT2D eigenvalue weighted by Gasteiger charge is -2.21. The second kappa shape index (κ2) is 6.31. The molecule has 1 heterocycles. The first-order chi connectivity index (χ1) is 10.3. The summed E-state index contributed by atoms with van der Waals surface area (Å²) in [5.74, 6) is -0.297. The zero-order valence-corrected chi connectivity index (χ0v) is 13.6. The Labute approximate surface area is 130 Å². The minimum atomic E-state index is -3.63. The number of aromatic nitrogens is 2. The van der Waals surface area contributed by atoms with Crippen molar-refractivity contribution in [3.8, 4) is 0 Å². The molecule has 2 aromatic rings. The van der Waals surface area contributed by atoms with E-state index in [1.807, 2.05) is 6.07 Å². The van der Waals surface area contributed by atoms with Crippen LogP contribution in [0.4, 0.5) is 5.69 Å². The Balaban J connectivity index is 2.17. The van der Waals surface area contributed by atoms with Gasteiger partial charge in [0.25, 0.3) is 0 Å². The van der Waals surface area contributed by atoms with Crippen LogP contribution < -0.4 is 4.90 Å². The molecule has 0 aliphatic rings. The van der Waals surface area contributed by atoms with Gasteiger partial charge < -0.3 is 9.47 Å². The fourth-order valence-electron chi connectivity index (χ4n) is 2.05. The van der Waals surface area contributed by atoms with Gasteiger partial charge in [0.1, 0.15) is 16.8 Å². The Hall–Kier alpha value is -2.15. The molecule has 6 nitrogen and oxygen atoms in total. The number of sulfone groups is 1. The van der Waals surface area contributed by atoms with Gasteiger partial charge in [0.15, 0.2) is 9.84 Å². The zero-order chi connectivity index (χ0) is 16.3. The fraction of sp³-hybridized carbons (Fsp3) is 0.333. The molecular weight excluding hydrogens is 302 g/mol. The van der Waals surface area contributed by atoms with Crippen molar-refractivity contribution in [1.29, 1.82) is 0 Å². The van der Waals surface area contributed by atoms with Gasteiger partial charge in [-0.1, -0.05) is 18.2 Å². The second-order valence-corrected chi connectivity index (χ2v) is 7.46. The normalized spacial score (nSPS) is 12.9. The quantitative estimate of drug-likeness (QED) is 0.834. The predicted octanol–water partition coefficient (Wildman–Crippen LogP) is 1.39. The predicted molar refractivity (Wildman–Crippen MR) is 85.1 cm³/mol. The van der Waals surface area contributed by atoms with Gasteiger partial charge in [-0.25, -0.2) is 13.4 Å². The summed E-state index contributed by atoms with van der Waals surface area (Å²) in [6.45, 7) is 1.42. The minimum Gasteiger partial charge on any atom is -0.337 e. The van der Waals surface area contributed by atoms with Crippen molar-refractivity contribution in [3.63, 3.8) is 0 Å². The van der Waals surface area contributed by atoms with Gasteiger partial charge in [-0.2, -0.15) is 0 Å². The third-order valence-electron chi connectivity index (χ3n) is 3.61. The average Bonchev–Trinajstić information content (AvgIpc) is 2.90. The van der Waals surface area contributed by atoms with Crippen molar-refractivity contribution in [2.45, 2.75) is 17.9 Å². The van der Waals surface area contributed by atoms with Gasteiger partial charge >= 0.3 is 0 Å². The summed E-state index contributed by atoms with van der Waals surface area (Å²) in [4.78, 5) is 17.8. The van der Waals surface area contributed by atoms with E-state index in [0.29, 0.717) is 11.5 Å². The van der Waals surface area contributed by atoms with E-state index in [9.17, 15) is 13.2 Å². The van der Waals surface area contributed by atoms with Crippen LogP contribution in [0.1, 0.15) is 12.7 Å². The van der Waals surface area contributed by atoms with Crippen LogP contribution in [0.5, 0.6) is 0 Å². The summed E-state index contributed by atoms with van der Waals surface area (Å²) in [7, 11) is -0.336. The molecule has 1 amide bonds. The summed E-state index contributed by atoms with van der Waals surface area (Å²) in [5.41, 5.74) is 0.659. The molecule has 0 unspecified atom stereocenters. The van der Waals surface area contributed by atoms with Gasteiger partial charge in [0, 0.05) is 32.2 Å². The summed E-state index contributed by atoms with van der Waals surface area (Å²) in [6.07, 6.45) is 3.21. The van der Waals surface area contributed by atoms with Crippen molar-refractivity contribution in [2.24, 2.45) is 7.05 Å². The summed E-state index contributed by atoms with van der Waals surface area (Å²) < 4.78 is 26.5. The monoisotopic (exact) mass is 321 g/mol. The van der Waals surface area contributed by atoms with Crippen molar-refractivity contribution < 1.29 is 13.2 Å². The lowest BCUT2D eigenvalue weighted by molar-refractivity contribution is -0.117.